The Morgan fingerprint density at radius 3 is 2.74 bits per heavy atom. The van der Waals surface area contributed by atoms with E-state index in [1.54, 1.807) is 13.1 Å². The average Bonchev–Trinajstić information content (AvgIpc) is 3.75. The van der Waals surface area contributed by atoms with Crippen LogP contribution in [0.2, 0.25) is 0 Å². The molecule has 2 aromatic heterocycles. The third-order valence-electron chi connectivity index (χ3n) is 8.34. The minimum atomic E-state index is -1.37. The number of rotatable bonds is 9. The van der Waals surface area contributed by atoms with Crippen LogP contribution in [0.4, 0.5) is 13.2 Å². The maximum atomic E-state index is 15.3. The minimum Gasteiger partial charge on any atom is -0.493 e. The van der Waals surface area contributed by atoms with Crippen molar-refractivity contribution < 1.29 is 37.0 Å². The summed E-state index contributed by atoms with van der Waals surface area (Å²) in [5, 5.41) is 2.55. The Labute approximate surface area is 262 Å². The summed E-state index contributed by atoms with van der Waals surface area (Å²) in [6.45, 7) is 4.52. The Bertz CT molecular complexity index is 1970. The zero-order valence-corrected chi connectivity index (χ0v) is 25.4. The Kier molecular flexibility index (Phi) is 8.20. The molecule has 3 N–H and O–H groups in total. The van der Waals surface area contributed by atoms with Crippen LogP contribution in [0.1, 0.15) is 53.9 Å². The maximum Gasteiger partial charge on any atom is 0.306 e. The molecule has 1 amide bonds. The van der Waals surface area contributed by atoms with Crippen LogP contribution >= 0.6 is 0 Å². The highest BCUT2D eigenvalue weighted by Crippen LogP contribution is 2.45. The molecule has 0 unspecified atom stereocenters. The molecular formula is C34H31F3N4O5. The number of aromatic amines is 2. The van der Waals surface area contributed by atoms with Gasteiger partial charge >= 0.3 is 5.97 Å². The molecule has 0 radical (unpaired) electrons. The lowest BCUT2D eigenvalue weighted by atomic mass is 9.74. The Morgan fingerprint density at radius 1 is 1.13 bits per heavy atom. The topological polar surface area (TPSA) is 118 Å². The lowest BCUT2D eigenvalue weighted by Gasteiger charge is -2.36. The third kappa shape index (κ3) is 5.33. The number of fused-ring (bicyclic) bond motifs is 2. The van der Waals surface area contributed by atoms with Crippen molar-refractivity contribution in [2.45, 2.75) is 38.5 Å². The fourth-order valence-electron chi connectivity index (χ4n) is 5.88. The SMILES string of the molecule is CCOC(=O)CCc1cccc2c1OCC[C@@]2(C)c1cnc(-c2cc(Oc3c(F)c(F)c4[nH]ccc4c3C(=O)NC)ccc2F)[nH]1. The van der Waals surface area contributed by atoms with Crippen molar-refractivity contribution in [3.05, 3.63) is 94.7 Å². The molecule has 3 aromatic carbocycles. The highest BCUT2D eigenvalue weighted by molar-refractivity contribution is 6.09. The van der Waals surface area contributed by atoms with E-state index in [9.17, 15) is 14.0 Å². The van der Waals surface area contributed by atoms with Gasteiger partial charge in [-0.15, -0.1) is 0 Å². The standard InChI is InChI=1S/C34H31F3N4O5/c1-4-44-25(42)11-8-18-6-5-7-22-30(18)45-15-13-34(22,2)24-17-40-32(41-24)21-16-19(9-10-23(21)35)46-31-26(33(43)38-3)20-12-14-39-29(20)27(36)28(31)37/h5-7,9-10,12,14,16-17,39H,4,8,11,13,15H2,1-3H3,(H,38,43)(H,40,41)/t34-/m1/s1. The lowest BCUT2D eigenvalue weighted by Crippen LogP contribution is -2.32. The fraction of sp³-hybridized carbons (Fsp3) is 0.265. The lowest BCUT2D eigenvalue weighted by molar-refractivity contribution is -0.143. The Hall–Kier alpha value is -5.26. The second kappa shape index (κ2) is 12.3. The van der Waals surface area contributed by atoms with Gasteiger partial charge in [-0.1, -0.05) is 18.2 Å². The van der Waals surface area contributed by atoms with Gasteiger partial charge in [0.1, 0.15) is 23.1 Å². The van der Waals surface area contributed by atoms with E-state index in [1.807, 2.05) is 25.1 Å². The van der Waals surface area contributed by atoms with Gasteiger partial charge in [-0.05, 0) is 56.5 Å². The van der Waals surface area contributed by atoms with Crippen LogP contribution in [0.15, 0.2) is 54.9 Å². The normalized spacial score (nSPS) is 15.7. The zero-order valence-electron chi connectivity index (χ0n) is 25.4. The first-order valence-electron chi connectivity index (χ1n) is 14.8. The van der Waals surface area contributed by atoms with Crippen molar-refractivity contribution in [1.82, 2.24) is 20.3 Å². The first-order chi connectivity index (χ1) is 22.2. The molecule has 0 fully saturated rings. The maximum absolute atomic E-state index is 15.3. The van der Waals surface area contributed by atoms with Crippen LogP contribution in [0.5, 0.6) is 17.2 Å². The molecule has 0 aliphatic carbocycles. The van der Waals surface area contributed by atoms with Crippen LogP contribution in [0, 0.1) is 17.5 Å². The molecule has 46 heavy (non-hydrogen) atoms. The zero-order chi connectivity index (χ0) is 32.6. The number of halogens is 3. The molecule has 9 nitrogen and oxygen atoms in total. The number of aryl methyl sites for hydroxylation is 1. The number of carbonyl (C=O) groups is 2. The summed E-state index contributed by atoms with van der Waals surface area (Å²) in [5.41, 5.74) is 1.52. The highest BCUT2D eigenvalue weighted by Gasteiger charge is 2.38. The molecule has 0 bridgehead atoms. The van der Waals surface area contributed by atoms with E-state index in [-0.39, 0.29) is 46.0 Å². The summed E-state index contributed by atoms with van der Waals surface area (Å²) in [6.07, 6.45) is 4.28. The van der Waals surface area contributed by atoms with Crippen LogP contribution < -0.4 is 14.8 Å². The van der Waals surface area contributed by atoms with Gasteiger partial charge in [-0.2, -0.15) is 4.39 Å². The molecule has 12 heteroatoms. The minimum absolute atomic E-state index is 0.0212. The molecular weight excluding hydrogens is 601 g/mol. The van der Waals surface area contributed by atoms with E-state index >= 15 is 8.78 Å². The highest BCUT2D eigenvalue weighted by atomic mass is 19.2. The predicted octanol–water partition coefficient (Wildman–Crippen LogP) is 6.71. The van der Waals surface area contributed by atoms with Gasteiger partial charge in [-0.3, -0.25) is 9.59 Å². The number of H-pyrrole nitrogens is 2. The number of aromatic nitrogens is 3. The molecule has 3 heterocycles. The van der Waals surface area contributed by atoms with E-state index in [2.05, 4.69) is 20.3 Å². The second-order valence-corrected chi connectivity index (χ2v) is 11.1. The van der Waals surface area contributed by atoms with Gasteiger partial charge < -0.3 is 29.5 Å². The molecule has 6 rings (SSSR count). The van der Waals surface area contributed by atoms with Gasteiger partial charge in [0.25, 0.3) is 5.91 Å². The monoisotopic (exact) mass is 632 g/mol. The number of ether oxygens (including phenoxy) is 3. The molecule has 0 spiro atoms. The first-order valence-corrected chi connectivity index (χ1v) is 14.8. The molecule has 5 aromatic rings. The van der Waals surface area contributed by atoms with Crippen LogP contribution in [0.25, 0.3) is 22.3 Å². The van der Waals surface area contributed by atoms with Crippen molar-refractivity contribution in [2.24, 2.45) is 0 Å². The van der Waals surface area contributed by atoms with E-state index in [0.29, 0.717) is 37.5 Å². The molecule has 1 atom stereocenters. The summed E-state index contributed by atoms with van der Waals surface area (Å²) < 4.78 is 62.3. The summed E-state index contributed by atoms with van der Waals surface area (Å²) >= 11 is 0. The number of nitrogens with zero attached hydrogens (tertiary/aromatic N) is 1. The summed E-state index contributed by atoms with van der Waals surface area (Å²) in [4.78, 5) is 35.0. The average molecular weight is 633 g/mol. The van der Waals surface area contributed by atoms with Crippen molar-refractivity contribution in [2.75, 3.05) is 20.3 Å². The smallest absolute Gasteiger partial charge is 0.306 e. The van der Waals surface area contributed by atoms with Gasteiger partial charge in [0.15, 0.2) is 11.6 Å². The number of amides is 1. The fourth-order valence-corrected chi connectivity index (χ4v) is 5.88. The summed E-state index contributed by atoms with van der Waals surface area (Å²) in [6, 6.07) is 10.9. The van der Waals surface area contributed by atoms with E-state index in [1.165, 1.54) is 31.4 Å². The van der Waals surface area contributed by atoms with Gasteiger partial charge in [0.05, 0.1) is 29.9 Å². The first kappa shape index (κ1) is 30.8. The van der Waals surface area contributed by atoms with E-state index in [4.69, 9.17) is 14.2 Å². The Morgan fingerprint density at radius 2 is 1.96 bits per heavy atom. The van der Waals surface area contributed by atoms with E-state index in [0.717, 1.165) is 17.2 Å². The summed E-state index contributed by atoms with van der Waals surface area (Å²) in [7, 11) is 1.36. The van der Waals surface area contributed by atoms with Gasteiger partial charge in [-0.25, -0.2) is 13.8 Å². The van der Waals surface area contributed by atoms with Gasteiger partial charge in [0.2, 0.25) is 5.82 Å². The van der Waals surface area contributed by atoms with Crippen molar-refractivity contribution in [3.8, 4) is 28.6 Å². The number of hydrogen-bond acceptors (Lipinski definition) is 6. The molecule has 1 aliphatic rings. The Balaban J connectivity index is 1.33. The molecule has 0 saturated carbocycles. The van der Waals surface area contributed by atoms with Gasteiger partial charge in [0, 0.05) is 47.9 Å². The molecule has 1 aliphatic heterocycles. The van der Waals surface area contributed by atoms with Crippen molar-refractivity contribution >= 4 is 22.8 Å². The molecule has 238 valence electrons. The number of carbonyl (C=O) groups excluding carboxylic acids is 2. The quantitative estimate of drug-likeness (QED) is 0.156. The predicted molar refractivity (Wildman–Crippen MR) is 164 cm³/mol. The number of imidazole rings is 1. The van der Waals surface area contributed by atoms with Crippen molar-refractivity contribution in [1.29, 1.82) is 0 Å². The van der Waals surface area contributed by atoms with Crippen LogP contribution in [-0.4, -0.2) is 47.1 Å². The number of esters is 1. The number of benzene rings is 3. The number of nitrogens with one attached hydrogen (secondary N) is 3. The van der Waals surface area contributed by atoms with E-state index < -0.39 is 34.5 Å². The van der Waals surface area contributed by atoms with Crippen LogP contribution in [0.3, 0.4) is 0 Å². The molecule has 0 saturated heterocycles. The van der Waals surface area contributed by atoms with Crippen molar-refractivity contribution in [3.63, 3.8) is 0 Å². The second-order valence-electron chi connectivity index (χ2n) is 11.1. The largest absolute Gasteiger partial charge is 0.493 e. The summed E-state index contributed by atoms with van der Waals surface area (Å²) in [5.74, 6) is -3.98. The van der Waals surface area contributed by atoms with Crippen LogP contribution in [-0.2, 0) is 21.4 Å². The third-order valence-corrected chi connectivity index (χ3v) is 8.34. The number of hydrogen-bond donors (Lipinski definition) is 3. The number of para-hydroxylation sites is 1.